The molecule has 90 valence electrons. The maximum absolute atomic E-state index is 5.83. The van der Waals surface area contributed by atoms with Gasteiger partial charge in [-0.15, -0.1) is 0 Å². The molecule has 0 bridgehead atoms. The molecular formula is C14H22ClN. The predicted octanol–water partition coefficient (Wildman–Crippen LogP) is 3.91. The maximum atomic E-state index is 5.83. The molecule has 1 nitrogen and oxygen atoms in total. The van der Waals surface area contributed by atoms with E-state index in [1.54, 1.807) is 0 Å². The zero-order valence-corrected chi connectivity index (χ0v) is 11.3. The average Bonchev–Trinajstić information content (AvgIpc) is 2.19. The lowest BCUT2D eigenvalue weighted by molar-refractivity contribution is 0.368. The maximum Gasteiger partial charge on any atom is 0.0406 e. The smallest absolute Gasteiger partial charge is 0.0406 e. The Kier molecular flexibility index (Phi) is 5.30. The van der Waals surface area contributed by atoms with Gasteiger partial charge in [0, 0.05) is 5.02 Å². The van der Waals surface area contributed by atoms with Crippen molar-refractivity contribution in [3.63, 3.8) is 0 Å². The highest BCUT2D eigenvalue weighted by Gasteiger charge is 2.08. The van der Waals surface area contributed by atoms with Gasteiger partial charge in [0.2, 0.25) is 0 Å². The predicted molar refractivity (Wildman–Crippen MR) is 72.1 cm³/mol. The molecule has 0 fully saturated rings. The van der Waals surface area contributed by atoms with Gasteiger partial charge in [-0.1, -0.05) is 44.5 Å². The molecule has 1 aromatic carbocycles. The summed E-state index contributed by atoms with van der Waals surface area (Å²) in [6, 6.07) is 8.08. The third-order valence-corrected chi connectivity index (χ3v) is 2.81. The van der Waals surface area contributed by atoms with Crippen LogP contribution in [0.15, 0.2) is 24.3 Å². The van der Waals surface area contributed by atoms with Crippen molar-refractivity contribution >= 4 is 11.6 Å². The van der Waals surface area contributed by atoms with Crippen molar-refractivity contribution in [1.82, 2.24) is 5.32 Å². The summed E-state index contributed by atoms with van der Waals surface area (Å²) in [4.78, 5) is 0. The van der Waals surface area contributed by atoms with Crippen LogP contribution in [0.25, 0.3) is 0 Å². The fraction of sp³-hybridized carbons (Fsp3) is 0.571. The van der Waals surface area contributed by atoms with E-state index in [-0.39, 0.29) is 0 Å². The Morgan fingerprint density at radius 3 is 2.25 bits per heavy atom. The number of benzene rings is 1. The van der Waals surface area contributed by atoms with Gasteiger partial charge in [-0.2, -0.15) is 0 Å². The van der Waals surface area contributed by atoms with Gasteiger partial charge in [0.25, 0.3) is 0 Å². The number of hydrogen-bond acceptors (Lipinski definition) is 1. The molecule has 0 saturated carbocycles. The number of rotatable bonds is 5. The molecule has 1 aromatic rings. The zero-order chi connectivity index (χ0) is 12.0. The summed E-state index contributed by atoms with van der Waals surface area (Å²) < 4.78 is 0. The van der Waals surface area contributed by atoms with Crippen LogP contribution >= 0.6 is 11.6 Å². The summed E-state index contributed by atoms with van der Waals surface area (Å²) in [5.41, 5.74) is 1.76. The monoisotopic (exact) mass is 239 g/mol. The van der Waals surface area contributed by atoms with E-state index in [1.165, 1.54) is 12.0 Å². The van der Waals surface area contributed by atoms with Crippen molar-refractivity contribution < 1.29 is 0 Å². The molecule has 1 N–H and O–H groups in total. The first-order valence-corrected chi connectivity index (χ1v) is 6.30. The molecule has 0 saturated heterocycles. The molecule has 16 heavy (non-hydrogen) atoms. The third-order valence-electron chi connectivity index (χ3n) is 2.56. The quantitative estimate of drug-likeness (QED) is 0.769. The van der Waals surface area contributed by atoms with Gasteiger partial charge in [-0.05, 0) is 49.0 Å². The van der Waals surface area contributed by atoms with Gasteiger partial charge in [0.05, 0.1) is 0 Å². The van der Waals surface area contributed by atoms with Crippen LogP contribution in [0.1, 0.15) is 32.8 Å². The molecule has 0 heterocycles. The van der Waals surface area contributed by atoms with Crippen LogP contribution in [0.5, 0.6) is 0 Å². The van der Waals surface area contributed by atoms with Crippen LogP contribution in [0.4, 0.5) is 0 Å². The number of halogens is 1. The van der Waals surface area contributed by atoms with E-state index in [4.69, 9.17) is 11.6 Å². The third kappa shape index (κ3) is 6.14. The number of hydrogen-bond donors (Lipinski definition) is 1. The van der Waals surface area contributed by atoms with E-state index in [2.05, 4.69) is 38.2 Å². The summed E-state index contributed by atoms with van der Waals surface area (Å²) in [6.45, 7) is 8.95. The Bertz CT molecular complexity index is 298. The summed E-state index contributed by atoms with van der Waals surface area (Å²) in [5, 5.41) is 4.28. The van der Waals surface area contributed by atoms with Gasteiger partial charge >= 0.3 is 0 Å². The molecule has 0 atom stereocenters. The highest BCUT2D eigenvalue weighted by molar-refractivity contribution is 6.30. The van der Waals surface area contributed by atoms with Crippen LogP contribution in [0.3, 0.4) is 0 Å². The van der Waals surface area contributed by atoms with E-state index < -0.39 is 0 Å². The molecule has 0 amide bonds. The normalized spacial score (nSPS) is 11.8. The minimum atomic E-state index is 0.424. The fourth-order valence-electron chi connectivity index (χ4n) is 1.47. The lowest BCUT2D eigenvalue weighted by Gasteiger charge is -2.18. The van der Waals surface area contributed by atoms with Crippen molar-refractivity contribution in [2.75, 3.05) is 13.1 Å². The summed E-state index contributed by atoms with van der Waals surface area (Å²) in [6.07, 6.45) is 2.29. The molecule has 0 aliphatic heterocycles. The van der Waals surface area contributed by atoms with E-state index in [0.29, 0.717) is 5.41 Å². The second-order valence-electron chi connectivity index (χ2n) is 5.44. The Morgan fingerprint density at radius 2 is 1.69 bits per heavy atom. The Balaban J connectivity index is 2.14. The minimum Gasteiger partial charge on any atom is -0.316 e. The molecule has 0 unspecified atom stereocenters. The SMILES string of the molecule is CC(C)(C)CCNCCc1ccc(Cl)cc1. The fourth-order valence-corrected chi connectivity index (χ4v) is 1.60. The van der Waals surface area contributed by atoms with Crippen LogP contribution in [-0.2, 0) is 6.42 Å². The van der Waals surface area contributed by atoms with Crippen LogP contribution in [0, 0.1) is 5.41 Å². The number of nitrogens with one attached hydrogen (secondary N) is 1. The first kappa shape index (κ1) is 13.5. The van der Waals surface area contributed by atoms with Crippen molar-refractivity contribution in [2.45, 2.75) is 33.6 Å². The van der Waals surface area contributed by atoms with Crippen LogP contribution in [-0.4, -0.2) is 13.1 Å². The molecule has 0 spiro atoms. The topological polar surface area (TPSA) is 12.0 Å². The van der Waals surface area contributed by atoms with Gasteiger partial charge in [-0.25, -0.2) is 0 Å². The van der Waals surface area contributed by atoms with Crippen molar-refractivity contribution in [3.05, 3.63) is 34.9 Å². The molecule has 0 aromatic heterocycles. The second-order valence-corrected chi connectivity index (χ2v) is 5.87. The van der Waals surface area contributed by atoms with Crippen LogP contribution in [0.2, 0.25) is 5.02 Å². The van der Waals surface area contributed by atoms with Crippen LogP contribution < -0.4 is 5.32 Å². The standard InChI is InChI=1S/C14H22ClN/c1-14(2,3)9-11-16-10-8-12-4-6-13(15)7-5-12/h4-7,16H,8-11H2,1-3H3. The molecule has 0 aliphatic rings. The lowest BCUT2D eigenvalue weighted by atomic mass is 9.92. The summed E-state index contributed by atoms with van der Waals surface area (Å²) in [7, 11) is 0. The summed E-state index contributed by atoms with van der Waals surface area (Å²) in [5.74, 6) is 0. The minimum absolute atomic E-state index is 0.424. The van der Waals surface area contributed by atoms with Crippen molar-refractivity contribution in [3.8, 4) is 0 Å². The van der Waals surface area contributed by atoms with E-state index in [0.717, 1.165) is 24.5 Å². The highest BCUT2D eigenvalue weighted by atomic mass is 35.5. The molecule has 0 aliphatic carbocycles. The van der Waals surface area contributed by atoms with Gasteiger partial charge in [-0.3, -0.25) is 0 Å². The summed E-state index contributed by atoms with van der Waals surface area (Å²) >= 11 is 5.83. The molecule has 2 heteroatoms. The first-order chi connectivity index (χ1) is 7.47. The largest absolute Gasteiger partial charge is 0.316 e. The van der Waals surface area contributed by atoms with Gasteiger partial charge in [0.1, 0.15) is 0 Å². The van der Waals surface area contributed by atoms with E-state index in [9.17, 15) is 0 Å². The van der Waals surface area contributed by atoms with Crippen molar-refractivity contribution in [1.29, 1.82) is 0 Å². The zero-order valence-electron chi connectivity index (χ0n) is 10.5. The van der Waals surface area contributed by atoms with Gasteiger partial charge < -0.3 is 5.32 Å². The molecule has 1 rings (SSSR count). The molecule has 0 radical (unpaired) electrons. The average molecular weight is 240 g/mol. The van der Waals surface area contributed by atoms with E-state index in [1.807, 2.05) is 12.1 Å². The highest BCUT2D eigenvalue weighted by Crippen LogP contribution is 2.16. The Morgan fingerprint density at radius 1 is 1.06 bits per heavy atom. The lowest BCUT2D eigenvalue weighted by Crippen LogP contribution is -2.22. The Hall–Kier alpha value is -0.530. The molecular weight excluding hydrogens is 218 g/mol. The van der Waals surface area contributed by atoms with Gasteiger partial charge in [0.15, 0.2) is 0 Å². The Labute approximate surface area is 104 Å². The second kappa shape index (κ2) is 6.27. The first-order valence-electron chi connectivity index (χ1n) is 5.92. The van der Waals surface area contributed by atoms with E-state index >= 15 is 0 Å². The van der Waals surface area contributed by atoms with Crippen molar-refractivity contribution in [2.24, 2.45) is 5.41 Å².